The van der Waals surface area contributed by atoms with Crippen molar-refractivity contribution in [3.8, 4) is 11.1 Å². The van der Waals surface area contributed by atoms with Crippen molar-refractivity contribution >= 4 is 23.2 Å². The van der Waals surface area contributed by atoms with Crippen LogP contribution in [0.25, 0.3) is 11.1 Å². The van der Waals surface area contributed by atoms with Gasteiger partial charge in [-0.1, -0.05) is 84.9 Å². The Hall–Kier alpha value is -4.26. The SMILES string of the molecule is CO[C@H](C(=O)Nc1ccc(-c2ccc(NC(=O)[C@@H](OC)c3ccccc3)cc2)cc1)c1ccccc1. The smallest absolute Gasteiger partial charge is 0.258 e. The first kappa shape index (κ1) is 24.9. The van der Waals surface area contributed by atoms with Crippen LogP contribution in [-0.4, -0.2) is 26.0 Å². The van der Waals surface area contributed by atoms with Crippen molar-refractivity contribution in [3.63, 3.8) is 0 Å². The normalized spacial score (nSPS) is 12.4. The average Bonchev–Trinajstić information content (AvgIpc) is 2.92. The number of rotatable bonds is 9. The summed E-state index contributed by atoms with van der Waals surface area (Å²) in [4.78, 5) is 25.4. The molecule has 0 saturated carbocycles. The number of carbonyl (C=O) groups is 2. The van der Waals surface area contributed by atoms with Crippen LogP contribution in [0.5, 0.6) is 0 Å². The number of methoxy groups -OCH3 is 2. The zero-order chi connectivity index (χ0) is 25.3. The fourth-order valence-corrected chi connectivity index (χ4v) is 3.95. The summed E-state index contributed by atoms with van der Waals surface area (Å²) in [5.74, 6) is -0.470. The Balaban J connectivity index is 1.39. The maximum Gasteiger partial charge on any atom is 0.258 e. The van der Waals surface area contributed by atoms with Crippen molar-refractivity contribution in [3.05, 3.63) is 120 Å². The summed E-state index contributed by atoms with van der Waals surface area (Å²) in [6, 6.07) is 33.9. The second-order valence-electron chi connectivity index (χ2n) is 8.19. The van der Waals surface area contributed by atoms with E-state index in [2.05, 4.69) is 10.6 Å². The van der Waals surface area contributed by atoms with Crippen LogP contribution >= 0.6 is 0 Å². The largest absolute Gasteiger partial charge is 0.367 e. The van der Waals surface area contributed by atoms with Gasteiger partial charge in [-0.15, -0.1) is 0 Å². The highest BCUT2D eigenvalue weighted by Crippen LogP contribution is 2.25. The van der Waals surface area contributed by atoms with Gasteiger partial charge in [-0.05, 0) is 46.5 Å². The van der Waals surface area contributed by atoms with Gasteiger partial charge in [-0.3, -0.25) is 9.59 Å². The molecule has 0 unspecified atom stereocenters. The molecule has 182 valence electrons. The van der Waals surface area contributed by atoms with Crippen LogP contribution in [0.3, 0.4) is 0 Å². The van der Waals surface area contributed by atoms with Crippen LogP contribution in [0.15, 0.2) is 109 Å². The van der Waals surface area contributed by atoms with Gasteiger partial charge in [0, 0.05) is 25.6 Å². The van der Waals surface area contributed by atoms with Crippen molar-refractivity contribution in [1.29, 1.82) is 0 Å². The Morgan fingerprint density at radius 2 is 0.861 bits per heavy atom. The molecule has 4 rings (SSSR count). The molecule has 0 heterocycles. The van der Waals surface area contributed by atoms with Crippen molar-refractivity contribution in [2.24, 2.45) is 0 Å². The zero-order valence-electron chi connectivity index (χ0n) is 20.2. The number of anilines is 2. The molecule has 6 nitrogen and oxygen atoms in total. The number of nitrogens with one attached hydrogen (secondary N) is 2. The zero-order valence-corrected chi connectivity index (χ0v) is 20.2. The lowest BCUT2D eigenvalue weighted by atomic mass is 10.0. The molecule has 0 radical (unpaired) electrons. The van der Waals surface area contributed by atoms with Crippen LogP contribution < -0.4 is 10.6 Å². The second kappa shape index (κ2) is 11.9. The van der Waals surface area contributed by atoms with E-state index >= 15 is 0 Å². The van der Waals surface area contributed by atoms with E-state index in [9.17, 15) is 9.59 Å². The van der Waals surface area contributed by atoms with Crippen LogP contribution in [0.1, 0.15) is 23.3 Å². The number of carbonyl (C=O) groups excluding carboxylic acids is 2. The van der Waals surface area contributed by atoms with Crippen molar-refractivity contribution in [2.75, 3.05) is 24.9 Å². The topological polar surface area (TPSA) is 76.7 Å². The van der Waals surface area contributed by atoms with Gasteiger partial charge < -0.3 is 20.1 Å². The lowest BCUT2D eigenvalue weighted by Crippen LogP contribution is -2.22. The molecule has 0 spiro atoms. The summed E-state index contributed by atoms with van der Waals surface area (Å²) in [6.07, 6.45) is -1.37. The summed E-state index contributed by atoms with van der Waals surface area (Å²) < 4.78 is 10.8. The fourth-order valence-electron chi connectivity index (χ4n) is 3.95. The lowest BCUT2D eigenvalue weighted by molar-refractivity contribution is -0.126. The third-order valence-electron chi connectivity index (χ3n) is 5.79. The molecule has 0 aliphatic carbocycles. The fraction of sp³-hybridized carbons (Fsp3) is 0.133. The number of hydrogen-bond donors (Lipinski definition) is 2. The molecular formula is C30H28N2O4. The van der Waals surface area contributed by atoms with Crippen molar-refractivity contribution < 1.29 is 19.1 Å². The van der Waals surface area contributed by atoms with Gasteiger partial charge in [0.25, 0.3) is 11.8 Å². The molecule has 0 bridgehead atoms. The maximum atomic E-state index is 12.7. The first-order valence-electron chi connectivity index (χ1n) is 11.6. The number of ether oxygens (including phenoxy) is 2. The van der Waals surface area contributed by atoms with Crippen LogP contribution in [0.2, 0.25) is 0 Å². The number of benzene rings is 4. The molecule has 36 heavy (non-hydrogen) atoms. The molecule has 4 aromatic carbocycles. The Morgan fingerprint density at radius 3 is 1.17 bits per heavy atom. The highest BCUT2D eigenvalue weighted by Gasteiger charge is 2.21. The van der Waals surface area contributed by atoms with Gasteiger partial charge in [0.05, 0.1) is 0 Å². The minimum atomic E-state index is -0.687. The van der Waals surface area contributed by atoms with Crippen LogP contribution in [0, 0.1) is 0 Å². The monoisotopic (exact) mass is 480 g/mol. The molecule has 4 aromatic rings. The van der Waals surface area contributed by atoms with E-state index in [1.165, 1.54) is 14.2 Å². The predicted molar refractivity (Wildman–Crippen MR) is 142 cm³/mol. The molecule has 2 amide bonds. The Morgan fingerprint density at radius 1 is 0.528 bits per heavy atom. The summed E-state index contributed by atoms with van der Waals surface area (Å²) in [7, 11) is 3.03. The van der Waals surface area contributed by atoms with Crippen LogP contribution in [-0.2, 0) is 19.1 Å². The molecule has 0 aliphatic heterocycles. The summed E-state index contributed by atoms with van der Waals surface area (Å²) in [5.41, 5.74) is 4.91. The Kier molecular flexibility index (Phi) is 8.24. The molecule has 0 aromatic heterocycles. The van der Waals surface area contributed by atoms with E-state index in [0.29, 0.717) is 11.4 Å². The summed E-state index contributed by atoms with van der Waals surface area (Å²) in [6.45, 7) is 0. The highest BCUT2D eigenvalue weighted by atomic mass is 16.5. The highest BCUT2D eigenvalue weighted by molar-refractivity contribution is 5.96. The summed E-state index contributed by atoms with van der Waals surface area (Å²) in [5, 5.41) is 5.81. The predicted octanol–water partition coefficient (Wildman–Crippen LogP) is 6.01. The van der Waals surface area contributed by atoms with E-state index in [0.717, 1.165) is 22.3 Å². The number of hydrogen-bond acceptors (Lipinski definition) is 4. The molecule has 0 aliphatic rings. The number of amides is 2. The molecule has 0 fully saturated rings. The minimum absolute atomic E-state index is 0.235. The van der Waals surface area contributed by atoms with E-state index < -0.39 is 12.2 Å². The van der Waals surface area contributed by atoms with E-state index in [-0.39, 0.29) is 11.8 Å². The first-order chi connectivity index (χ1) is 17.6. The molecule has 6 heteroatoms. The standard InChI is InChI=1S/C30H28N2O4/c1-35-27(23-9-5-3-6-10-23)29(33)31-25-17-13-21(14-18-25)22-15-19-26(20-16-22)32-30(34)28(36-2)24-11-7-4-8-12-24/h3-20,27-28H,1-2H3,(H,31,33)(H,32,34)/t27-,28-/m0/s1. The van der Waals surface area contributed by atoms with Gasteiger partial charge in [-0.25, -0.2) is 0 Å². The molecule has 2 atom stereocenters. The molecular weight excluding hydrogens is 452 g/mol. The van der Waals surface area contributed by atoms with Crippen molar-refractivity contribution in [1.82, 2.24) is 0 Å². The van der Waals surface area contributed by atoms with Gasteiger partial charge in [-0.2, -0.15) is 0 Å². The van der Waals surface area contributed by atoms with E-state index in [1.54, 1.807) is 0 Å². The third kappa shape index (κ3) is 6.05. The maximum absolute atomic E-state index is 12.7. The lowest BCUT2D eigenvalue weighted by Gasteiger charge is -2.16. The second-order valence-corrected chi connectivity index (χ2v) is 8.19. The van der Waals surface area contributed by atoms with Gasteiger partial charge in [0.2, 0.25) is 0 Å². The van der Waals surface area contributed by atoms with E-state index in [4.69, 9.17) is 9.47 Å². The summed E-state index contributed by atoms with van der Waals surface area (Å²) >= 11 is 0. The quantitative estimate of drug-likeness (QED) is 0.308. The van der Waals surface area contributed by atoms with Gasteiger partial charge in [0.1, 0.15) is 0 Å². The average molecular weight is 481 g/mol. The third-order valence-corrected chi connectivity index (χ3v) is 5.79. The van der Waals surface area contributed by atoms with Crippen LogP contribution in [0.4, 0.5) is 11.4 Å². The molecule has 2 N–H and O–H groups in total. The van der Waals surface area contributed by atoms with Gasteiger partial charge >= 0.3 is 0 Å². The van der Waals surface area contributed by atoms with Gasteiger partial charge in [0.15, 0.2) is 12.2 Å². The molecule has 0 saturated heterocycles. The van der Waals surface area contributed by atoms with E-state index in [1.807, 2.05) is 109 Å². The Labute approximate surface area is 210 Å². The first-order valence-corrected chi connectivity index (χ1v) is 11.6. The van der Waals surface area contributed by atoms with Crippen molar-refractivity contribution in [2.45, 2.75) is 12.2 Å². The Bertz CT molecular complexity index is 1170. The minimum Gasteiger partial charge on any atom is -0.367 e.